The van der Waals surface area contributed by atoms with Gasteiger partial charge in [-0.15, -0.1) is 0 Å². The first kappa shape index (κ1) is 37.5. The van der Waals surface area contributed by atoms with E-state index in [1.54, 1.807) is 30.3 Å². The zero-order chi connectivity index (χ0) is 34.3. The van der Waals surface area contributed by atoms with Crippen molar-refractivity contribution in [2.75, 3.05) is 47.4 Å². The predicted octanol–water partition coefficient (Wildman–Crippen LogP) is 5.69. The highest BCUT2D eigenvalue weighted by Crippen LogP contribution is 2.46. The number of nitrogens with zero attached hydrogens (tertiary/aromatic N) is 3. The van der Waals surface area contributed by atoms with Crippen LogP contribution >= 0.6 is 23.2 Å². The molecule has 2 aromatic carbocycles. The first-order valence-corrected chi connectivity index (χ1v) is 16.6. The maximum atomic E-state index is 13.8. The third-order valence-corrected chi connectivity index (χ3v) is 9.09. The number of aliphatic carboxylic acids is 1. The summed E-state index contributed by atoms with van der Waals surface area (Å²) in [6.07, 6.45) is 4.06. The third-order valence-electron chi connectivity index (χ3n) is 8.65. The molecule has 1 aliphatic carbocycles. The van der Waals surface area contributed by atoms with Gasteiger partial charge in [-0.25, -0.2) is 0 Å². The SMILES string of the molecule is CC(C)(C)C1CCC2(CC1)N=C(c1cc(Cl)cc(Cl)c1)C(=O)N2CCc1ccc(C(=O)NCCC(=O)O)cc1.C[N+](C)(C)CCO. The Balaban J connectivity index is 0.000000738. The highest BCUT2D eigenvalue weighted by Gasteiger charge is 2.49. The van der Waals surface area contributed by atoms with Crippen LogP contribution < -0.4 is 5.32 Å². The van der Waals surface area contributed by atoms with E-state index in [-0.39, 0.29) is 36.8 Å². The fraction of sp³-hybridized carbons (Fsp3) is 0.543. The lowest BCUT2D eigenvalue weighted by molar-refractivity contribution is -0.870. The Hall–Kier alpha value is -2.98. The summed E-state index contributed by atoms with van der Waals surface area (Å²) < 4.78 is 0.844. The van der Waals surface area contributed by atoms with E-state index in [1.807, 2.05) is 17.0 Å². The maximum absolute atomic E-state index is 13.8. The minimum atomic E-state index is -0.961. The van der Waals surface area contributed by atoms with Crippen LogP contribution in [-0.2, 0) is 16.0 Å². The number of carboxylic acid groups (broad SMARTS) is 1. The first-order valence-electron chi connectivity index (χ1n) is 15.8. The average molecular weight is 677 g/mol. The van der Waals surface area contributed by atoms with Crippen LogP contribution in [0.5, 0.6) is 0 Å². The quantitative estimate of drug-likeness (QED) is 0.280. The standard InChI is InChI=1S/C30H35Cl2N3O4.C5H14NO/c1-29(2,3)22-8-12-30(13-9-22)34-26(21-16-23(31)18-24(32)17-21)28(39)35(30)15-11-19-4-6-20(7-5-19)27(38)33-14-10-25(36)37;1-6(2,3)4-5-7/h4-7,16-18,22H,8-15H2,1-3H3,(H,33,38)(H,36,37);7H,4-5H2,1-3H3/q;+1. The number of hydrogen-bond acceptors (Lipinski definition) is 5. The number of carbonyl (C=O) groups is 3. The molecule has 1 heterocycles. The fourth-order valence-electron chi connectivity index (χ4n) is 5.90. The van der Waals surface area contributed by atoms with E-state index in [0.717, 1.165) is 42.3 Å². The van der Waals surface area contributed by atoms with Crippen LogP contribution in [0, 0.1) is 11.3 Å². The Morgan fingerprint density at radius 2 is 1.63 bits per heavy atom. The fourth-order valence-corrected chi connectivity index (χ4v) is 6.42. The van der Waals surface area contributed by atoms with Crippen molar-refractivity contribution in [3.05, 3.63) is 69.2 Å². The number of halogens is 2. The molecular weight excluding hydrogens is 627 g/mol. The number of amides is 2. The van der Waals surface area contributed by atoms with E-state index in [1.165, 1.54) is 0 Å². The van der Waals surface area contributed by atoms with E-state index >= 15 is 0 Å². The van der Waals surface area contributed by atoms with Crippen LogP contribution in [0.15, 0.2) is 47.5 Å². The highest BCUT2D eigenvalue weighted by molar-refractivity contribution is 6.47. The molecule has 0 aromatic heterocycles. The summed E-state index contributed by atoms with van der Waals surface area (Å²) in [5.74, 6) is -0.825. The molecule has 1 spiro atoms. The molecule has 1 fully saturated rings. The summed E-state index contributed by atoms with van der Waals surface area (Å²) in [5, 5.41) is 20.7. The Bertz CT molecular complexity index is 1390. The summed E-state index contributed by atoms with van der Waals surface area (Å²) in [5.41, 5.74) is 2.10. The topological polar surface area (TPSA) is 119 Å². The first-order chi connectivity index (χ1) is 21.4. The normalized spacial score (nSPS) is 19.8. The van der Waals surface area contributed by atoms with Gasteiger partial charge in [-0.05, 0) is 79.3 Å². The van der Waals surface area contributed by atoms with Crippen LogP contribution in [0.1, 0.15) is 74.4 Å². The molecule has 0 unspecified atom stereocenters. The minimum absolute atomic E-state index is 0.0747. The number of aliphatic imine (C=N–C) groups is 1. The molecule has 4 rings (SSSR count). The molecule has 2 aromatic rings. The molecule has 46 heavy (non-hydrogen) atoms. The molecule has 2 aliphatic rings. The van der Waals surface area contributed by atoms with E-state index in [2.05, 4.69) is 47.2 Å². The number of likely N-dealkylation sites (N-methyl/N-ethyl adjacent to an activating group) is 1. The van der Waals surface area contributed by atoms with Crippen molar-refractivity contribution in [2.45, 2.75) is 65.0 Å². The Morgan fingerprint density at radius 3 is 2.11 bits per heavy atom. The smallest absolute Gasteiger partial charge is 0.305 e. The van der Waals surface area contributed by atoms with E-state index in [0.29, 0.717) is 45.8 Å². The zero-order valence-electron chi connectivity index (χ0n) is 27.9. The van der Waals surface area contributed by atoms with Crippen molar-refractivity contribution < 1.29 is 29.1 Å². The second kappa shape index (κ2) is 15.7. The number of rotatable bonds is 10. The zero-order valence-corrected chi connectivity index (χ0v) is 29.4. The summed E-state index contributed by atoms with van der Waals surface area (Å²) in [6.45, 7) is 8.49. The van der Waals surface area contributed by atoms with Gasteiger partial charge in [0.25, 0.3) is 11.8 Å². The number of benzene rings is 2. The van der Waals surface area contributed by atoms with Gasteiger partial charge in [-0.3, -0.25) is 19.4 Å². The second-order valence-electron chi connectivity index (χ2n) is 14.3. The monoisotopic (exact) mass is 675 g/mol. The number of quaternary nitrogens is 1. The van der Waals surface area contributed by atoms with Gasteiger partial charge < -0.3 is 24.9 Å². The largest absolute Gasteiger partial charge is 0.481 e. The van der Waals surface area contributed by atoms with Crippen LogP contribution in [0.3, 0.4) is 0 Å². The van der Waals surface area contributed by atoms with Crippen molar-refractivity contribution in [2.24, 2.45) is 16.3 Å². The maximum Gasteiger partial charge on any atom is 0.305 e. The van der Waals surface area contributed by atoms with Crippen molar-refractivity contribution >= 4 is 46.7 Å². The van der Waals surface area contributed by atoms with Crippen LogP contribution in [0.4, 0.5) is 0 Å². The lowest BCUT2D eigenvalue weighted by Crippen LogP contribution is -2.50. The molecule has 0 atom stereocenters. The van der Waals surface area contributed by atoms with Crippen molar-refractivity contribution in [3.63, 3.8) is 0 Å². The average Bonchev–Trinajstić information content (AvgIpc) is 3.21. The highest BCUT2D eigenvalue weighted by atomic mass is 35.5. The summed E-state index contributed by atoms with van der Waals surface area (Å²) >= 11 is 12.5. The van der Waals surface area contributed by atoms with Gasteiger partial charge >= 0.3 is 5.97 Å². The Morgan fingerprint density at radius 1 is 1.04 bits per heavy atom. The van der Waals surface area contributed by atoms with Crippen LogP contribution in [0.25, 0.3) is 0 Å². The molecule has 252 valence electrons. The number of aliphatic hydroxyl groups excluding tert-OH is 1. The Kier molecular flexibility index (Phi) is 12.8. The van der Waals surface area contributed by atoms with Crippen molar-refractivity contribution in [3.8, 4) is 0 Å². The molecule has 3 N–H and O–H groups in total. The number of hydrogen-bond donors (Lipinski definition) is 3. The van der Waals surface area contributed by atoms with Crippen LogP contribution in [-0.4, -0.2) is 96.1 Å². The minimum Gasteiger partial charge on any atom is -0.481 e. The van der Waals surface area contributed by atoms with Gasteiger partial charge in [0.2, 0.25) is 0 Å². The van der Waals surface area contributed by atoms with Gasteiger partial charge in [0, 0.05) is 34.3 Å². The molecule has 0 saturated heterocycles. The second-order valence-corrected chi connectivity index (χ2v) is 15.2. The molecule has 0 radical (unpaired) electrons. The number of carboxylic acids is 1. The van der Waals surface area contributed by atoms with E-state index in [4.69, 9.17) is 38.4 Å². The third kappa shape index (κ3) is 10.5. The predicted molar refractivity (Wildman–Crippen MR) is 184 cm³/mol. The molecule has 9 nitrogen and oxygen atoms in total. The molecule has 1 saturated carbocycles. The van der Waals surface area contributed by atoms with E-state index < -0.39 is 11.6 Å². The van der Waals surface area contributed by atoms with Crippen LogP contribution in [0.2, 0.25) is 10.0 Å². The van der Waals surface area contributed by atoms with Gasteiger partial charge in [0.1, 0.15) is 17.9 Å². The molecule has 11 heteroatoms. The van der Waals surface area contributed by atoms with Gasteiger partial charge in [-0.1, -0.05) is 56.1 Å². The lowest BCUT2D eigenvalue weighted by atomic mass is 9.69. The van der Waals surface area contributed by atoms with E-state index in [9.17, 15) is 14.4 Å². The van der Waals surface area contributed by atoms with Gasteiger partial charge in [-0.2, -0.15) is 0 Å². The summed E-state index contributed by atoms with van der Waals surface area (Å²) in [6, 6.07) is 12.3. The molecule has 2 amide bonds. The summed E-state index contributed by atoms with van der Waals surface area (Å²) in [4.78, 5) is 43.8. The van der Waals surface area contributed by atoms with Crippen molar-refractivity contribution in [1.29, 1.82) is 0 Å². The Labute approximate surface area is 283 Å². The van der Waals surface area contributed by atoms with Gasteiger partial charge in [0.05, 0.1) is 34.2 Å². The number of nitrogens with one attached hydrogen (secondary N) is 1. The lowest BCUT2D eigenvalue weighted by Gasteiger charge is -2.45. The van der Waals surface area contributed by atoms with Crippen molar-refractivity contribution in [1.82, 2.24) is 10.2 Å². The number of carbonyl (C=O) groups excluding carboxylic acids is 2. The summed E-state index contributed by atoms with van der Waals surface area (Å²) in [7, 11) is 6.16. The van der Waals surface area contributed by atoms with Gasteiger partial charge in [0.15, 0.2) is 0 Å². The molecule has 1 aliphatic heterocycles. The molecular formula is C35H49Cl2N4O5+. The number of aliphatic hydroxyl groups is 1. The molecule has 0 bridgehead atoms.